The van der Waals surface area contributed by atoms with Crippen molar-refractivity contribution in [2.45, 2.75) is 20.3 Å². The molecule has 0 aliphatic heterocycles. The van der Waals surface area contributed by atoms with Gasteiger partial charge in [0.05, 0.1) is 36.1 Å². The number of fused-ring (bicyclic) bond motifs is 1. The highest BCUT2D eigenvalue weighted by Gasteiger charge is 2.23. The fourth-order valence-corrected chi connectivity index (χ4v) is 3.20. The molecule has 0 aliphatic rings. The van der Waals surface area contributed by atoms with Crippen molar-refractivity contribution in [1.82, 2.24) is 0 Å². The number of para-hydroxylation sites is 1. The van der Waals surface area contributed by atoms with E-state index in [9.17, 15) is 9.59 Å². The average molecular weight is 417 g/mol. The normalized spacial score (nSPS) is 11.4. The lowest BCUT2D eigenvalue weighted by atomic mass is 9.90. The fraction of sp³-hybridized carbons (Fsp3) is 0.273. The first-order valence-corrected chi connectivity index (χ1v) is 9.33. The Morgan fingerprint density at radius 1 is 1.21 bits per heavy atom. The van der Waals surface area contributed by atoms with Crippen LogP contribution in [0.25, 0.3) is 22.3 Å². The number of ether oxygens (including phenoxy) is 2. The van der Waals surface area contributed by atoms with Crippen LogP contribution in [-0.2, 0) is 4.79 Å². The van der Waals surface area contributed by atoms with Crippen molar-refractivity contribution in [3.05, 3.63) is 57.7 Å². The molecule has 0 unspecified atom stereocenters. The Labute approximate surface area is 172 Å². The highest BCUT2D eigenvalue weighted by molar-refractivity contribution is 6.34. The number of methoxy groups -OCH3 is 1. The van der Waals surface area contributed by atoms with Gasteiger partial charge >= 0.3 is 5.97 Å². The Hall–Kier alpha value is -2.99. The van der Waals surface area contributed by atoms with Crippen molar-refractivity contribution in [2.24, 2.45) is 5.41 Å². The van der Waals surface area contributed by atoms with E-state index in [1.54, 1.807) is 36.4 Å². The monoisotopic (exact) mass is 416 g/mol. The Morgan fingerprint density at radius 3 is 2.66 bits per heavy atom. The molecule has 0 fully saturated rings. The van der Waals surface area contributed by atoms with Crippen LogP contribution in [-0.4, -0.2) is 24.8 Å². The second-order valence-corrected chi connectivity index (χ2v) is 7.88. The van der Waals surface area contributed by atoms with Crippen molar-refractivity contribution >= 4 is 28.5 Å². The Morgan fingerprint density at radius 2 is 1.97 bits per heavy atom. The van der Waals surface area contributed by atoms with Crippen LogP contribution in [0.5, 0.6) is 11.5 Å². The third-order valence-electron chi connectivity index (χ3n) is 4.40. The van der Waals surface area contributed by atoms with Gasteiger partial charge in [-0.1, -0.05) is 31.5 Å². The predicted octanol–water partition coefficient (Wildman–Crippen LogP) is 5.00. The van der Waals surface area contributed by atoms with Crippen molar-refractivity contribution < 1.29 is 23.8 Å². The summed E-state index contributed by atoms with van der Waals surface area (Å²) in [5.41, 5.74) is 0.0573. The van der Waals surface area contributed by atoms with E-state index in [0.717, 1.165) is 0 Å². The van der Waals surface area contributed by atoms with Gasteiger partial charge in [0.1, 0.15) is 17.3 Å². The van der Waals surface area contributed by atoms with Gasteiger partial charge in [-0.15, -0.1) is 0 Å². The summed E-state index contributed by atoms with van der Waals surface area (Å²) < 4.78 is 17.1. The molecule has 3 aromatic rings. The second-order valence-electron chi connectivity index (χ2n) is 7.48. The largest absolute Gasteiger partial charge is 0.496 e. The molecule has 29 heavy (non-hydrogen) atoms. The van der Waals surface area contributed by atoms with Crippen LogP contribution >= 0.6 is 11.6 Å². The number of benzene rings is 2. The molecule has 1 heterocycles. The van der Waals surface area contributed by atoms with Crippen molar-refractivity contribution in [2.75, 3.05) is 13.7 Å². The molecule has 0 atom stereocenters. The standard InChI is InChI=1S/C22H21ClO6/c1-22(2,11-20(25)26)12-28-13-7-8-18(27-3)15(9-13)19-10-17(24)14-5-4-6-16(23)21(14)29-19/h4-10H,11-12H2,1-3H3,(H,25,26). The molecule has 1 N–H and O–H groups in total. The van der Waals surface area contributed by atoms with Crippen molar-refractivity contribution in [1.29, 1.82) is 0 Å². The Kier molecular flexibility index (Phi) is 5.84. The summed E-state index contributed by atoms with van der Waals surface area (Å²) >= 11 is 6.20. The molecular weight excluding hydrogens is 396 g/mol. The molecule has 3 rings (SSSR count). The maximum Gasteiger partial charge on any atom is 0.304 e. The summed E-state index contributed by atoms with van der Waals surface area (Å²) in [5, 5.41) is 9.75. The van der Waals surface area contributed by atoms with E-state index >= 15 is 0 Å². The summed E-state index contributed by atoms with van der Waals surface area (Å²) in [7, 11) is 1.52. The predicted molar refractivity (Wildman–Crippen MR) is 111 cm³/mol. The minimum atomic E-state index is -0.885. The summed E-state index contributed by atoms with van der Waals surface area (Å²) in [4.78, 5) is 23.5. The number of aliphatic carboxylic acids is 1. The van der Waals surface area contributed by atoms with E-state index in [1.165, 1.54) is 13.2 Å². The smallest absolute Gasteiger partial charge is 0.304 e. The van der Waals surface area contributed by atoms with E-state index in [0.29, 0.717) is 38.8 Å². The van der Waals surface area contributed by atoms with Gasteiger partial charge in [0.15, 0.2) is 11.0 Å². The van der Waals surface area contributed by atoms with Gasteiger partial charge in [-0.3, -0.25) is 9.59 Å². The molecule has 0 bridgehead atoms. The number of hydrogen-bond acceptors (Lipinski definition) is 5. The Bertz CT molecular complexity index is 1120. The molecule has 0 saturated heterocycles. The third-order valence-corrected chi connectivity index (χ3v) is 4.70. The highest BCUT2D eigenvalue weighted by Crippen LogP contribution is 2.35. The number of halogens is 1. The van der Waals surface area contributed by atoms with Crippen LogP contribution in [0.3, 0.4) is 0 Å². The number of carbonyl (C=O) groups is 1. The third kappa shape index (κ3) is 4.71. The molecule has 152 valence electrons. The van der Waals surface area contributed by atoms with Gasteiger partial charge in [0.25, 0.3) is 0 Å². The maximum atomic E-state index is 12.5. The molecule has 7 heteroatoms. The van der Waals surface area contributed by atoms with Gasteiger partial charge in [-0.05, 0) is 30.3 Å². The average Bonchev–Trinajstić information content (AvgIpc) is 2.66. The minimum Gasteiger partial charge on any atom is -0.496 e. The zero-order valence-corrected chi connectivity index (χ0v) is 17.1. The van der Waals surface area contributed by atoms with E-state index < -0.39 is 11.4 Å². The number of hydrogen-bond donors (Lipinski definition) is 1. The molecule has 0 saturated carbocycles. The van der Waals surface area contributed by atoms with Crippen LogP contribution in [0.15, 0.2) is 51.7 Å². The van der Waals surface area contributed by atoms with Crippen molar-refractivity contribution in [3.8, 4) is 22.8 Å². The number of carboxylic acid groups (broad SMARTS) is 1. The minimum absolute atomic E-state index is 0.0198. The molecule has 0 spiro atoms. The van der Waals surface area contributed by atoms with E-state index in [-0.39, 0.29) is 18.5 Å². The summed E-state index contributed by atoms with van der Waals surface area (Å²) in [5.74, 6) is 0.407. The molecule has 1 aromatic heterocycles. The van der Waals surface area contributed by atoms with Crippen molar-refractivity contribution in [3.63, 3.8) is 0 Å². The number of carboxylic acids is 1. The topological polar surface area (TPSA) is 86.0 Å². The van der Waals surface area contributed by atoms with Gasteiger partial charge in [-0.2, -0.15) is 0 Å². The molecule has 0 amide bonds. The van der Waals surface area contributed by atoms with E-state index in [2.05, 4.69) is 0 Å². The zero-order chi connectivity index (χ0) is 21.2. The molecule has 6 nitrogen and oxygen atoms in total. The van der Waals surface area contributed by atoms with Crippen LogP contribution in [0, 0.1) is 5.41 Å². The SMILES string of the molecule is COc1ccc(OCC(C)(C)CC(=O)O)cc1-c1cc(=O)c2cccc(Cl)c2o1. The van der Waals surface area contributed by atoms with Crippen LogP contribution in [0.1, 0.15) is 20.3 Å². The summed E-state index contributed by atoms with van der Waals surface area (Å²) in [6, 6.07) is 11.5. The zero-order valence-electron chi connectivity index (χ0n) is 16.3. The highest BCUT2D eigenvalue weighted by atomic mass is 35.5. The summed E-state index contributed by atoms with van der Waals surface area (Å²) in [6.45, 7) is 3.84. The lowest BCUT2D eigenvalue weighted by molar-refractivity contribution is -0.139. The van der Waals surface area contributed by atoms with E-state index in [4.69, 9.17) is 30.6 Å². The number of rotatable bonds is 7. The molecule has 2 aromatic carbocycles. The summed E-state index contributed by atoms with van der Waals surface area (Å²) in [6.07, 6.45) is -0.0198. The first kappa shape index (κ1) is 20.7. The Balaban J connectivity index is 2.00. The first-order chi connectivity index (χ1) is 13.7. The molecule has 0 radical (unpaired) electrons. The quantitative estimate of drug-likeness (QED) is 0.583. The van der Waals surface area contributed by atoms with Gasteiger partial charge in [0, 0.05) is 11.5 Å². The molecule has 0 aliphatic carbocycles. The maximum absolute atomic E-state index is 12.5. The second kappa shape index (κ2) is 8.17. The molecular formula is C22H21ClO6. The van der Waals surface area contributed by atoms with Crippen LogP contribution in [0.4, 0.5) is 0 Å². The van der Waals surface area contributed by atoms with Gasteiger partial charge in [-0.25, -0.2) is 0 Å². The van der Waals surface area contributed by atoms with E-state index in [1.807, 2.05) is 13.8 Å². The lowest BCUT2D eigenvalue weighted by Gasteiger charge is -2.23. The van der Waals surface area contributed by atoms with Gasteiger partial charge in [0.2, 0.25) is 0 Å². The fourth-order valence-electron chi connectivity index (χ4n) is 2.98. The van der Waals surface area contributed by atoms with Gasteiger partial charge < -0.3 is 19.0 Å². The van der Waals surface area contributed by atoms with Crippen LogP contribution in [0.2, 0.25) is 5.02 Å². The van der Waals surface area contributed by atoms with Crippen LogP contribution < -0.4 is 14.9 Å². The first-order valence-electron chi connectivity index (χ1n) is 8.95. The lowest BCUT2D eigenvalue weighted by Crippen LogP contribution is -2.24.